The van der Waals surface area contributed by atoms with E-state index < -0.39 is 136 Å². The van der Waals surface area contributed by atoms with Crippen LogP contribution < -0.4 is 14.2 Å². The lowest BCUT2D eigenvalue weighted by atomic mass is 9.65. The number of nitro groups is 1. The number of hydrogen-bond acceptors (Lipinski definition) is 26. The van der Waals surface area contributed by atoms with Crippen LogP contribution in [-0.2, 0) is 118 Å². The Kier molecular flexibility index (Phi) is 29.6. The molecule has 3 aromatic heterocycles. The molecule has 12 atom stereocenters. The van der Waals surface area contributed by atoms with Gasteiger partial charge in [-0.05, 0) is 218 Å². The first-order valence-corrected chi connectivity index (χ1v) is 49.8. The minimum absolute atomic E-state index is 0.00476. The zero-order valence-corrected chi connectivity index (χ0v) is 83.6. The smallest absolute Gasteiger partial charge is 0.338 e. The van der Waals surface area contributed by atoms with Crippen molar-refractivity contribution in [2.24, 2.45) is 71.4 Å². The number of nitrogens with zero attached hydrogens (tertiary/aromatic N) is 16. The van der Waals surface area contributed by atoms with Crippen LogP contribution in [0, 0.1) is 60.4 Å². The molecule has 46 heteroatoms. The fraction of sp³-hybridized carbons (Fsp3) is 0.596. The van der Waals surface area contributed by atoms with Crippen molar-refractivity contribution in [3.05, 3.63) is 159 Å². The minimum atomic E-state index is -2.86. The molecule has 3 spiro atoms. The van der Waals surface area contributed by atoms with Crippen molar-refractivity contribution in [3.63, 3.8) is 0 Å². The summed E-state index contributed by atoms with van der Waals surface area (Å²) < 4.78 is 120. The molecule has 0 radical (unpaired) electrons. The van der Waals surface area contributed by atoms with Crippen molar-refractivity contribution < 1.29 is 123 Å². The number of nitro benzene ring substituents is 1. The number of likely N-dealkylation sites (tertiary alicyclic amines) is 3. The third kappa shape index (κ3) is 20.7. The van der Waals surface area contributed by atoms with Gasteiger partial charge in [-0.3, -0.25) is 53.3 Å². The second kappa shape index (κ2) is 41.1. The summed E-state index contributed by atoms with van der Waals surface area (Å²) >= 11 is 20.2. The zero-order chi connectivity index (χ0) is 104. The summed E-state index contributed by atoms with van der Waals surface area (Å²) in [5.41, 5.74) is -1.59. The summed E-state index contributed by atoms with van der Waals surface area (Å²) in [7, 11) is 6.63. The Morgan fingerprint density at radius 3 is 1.09 bits per heavy atom. The number of carbonyl (C=O) groups is 10. The molecule has 4 aromatic carbocycles. The van der Waals surface area contributed by atoms with Gasteiger partial charge in [0.1, 0.15) is 77.3 Å². The third-order valence-electron chi connectivity index (χ3n) is 32.5. The Bertz CT molecular complexity index is 6240. The third-order valence-corrected chi connectivity index (χ3v) is 33.5. The molecule has 19 rings (SSSR count). The Hall–Kier alpha value is -11.8. The van der Waals surface area contributed by atoms with Gasteiger partial charge in [-0.2, -0.15) is 0 Å². The van der Waals surface area contributed by atoms with E-state index in [1.165, 1.54) is 59.6 Å². The number of esters is 3. The number of methoxy groups -OCH3 is 2. The standard InChI is InChI=1S/C38H41ClF2N6O9.C31H38ClF2N5O6.C30H36ClF2N5O6/c1-37(36(51)54-3)12-10-23(56-35(50)21-4-6-22(7-5-21)47(52)53)16-25(37)34(49)46-15-11-24-26(39)8-9-29(55-19-27-32(33(40)41)44(2)43-42-27)31(24)28(46)18-45-20-38(13-14-38)17-30(45)48;1-30(29(43)44-3)8-6-17(40)12-19(30)28(42)39-11-7-18-20(32)4-5-23(45-15-21-26(27(33)34)37(2)36-35-21)25(18)22(39)14-38-16-31(9-10-31)13-24(38)41;1-29(28(42)43)7-5-16(39)11-18(29)27(41)38-10-6-17-19(31)3-4-22(44-14-20-25(26(32)33)36(2)35-34-20)24(17)21(38)13-37-15-30(8-9-30)12-23(37)40/h4-9,23,25,28,33H,10-20H2,1-3H3;4-5,17,19,22,27,40H,6-16H2,1-3H3;3-4,16,18,21,26,39H,5-15H2,1-2H3,(H,42,43)/t23-,25-,28+,37-;17-,19+,22-,30+;16-,18-,21+,29-/m010/s1. The Labute approximate surface area is 844 Å². The molecule has 6 saturated carbocycles. The molecule has 3 N–H and O–H groups in total. The number of carbonyl (C=O) groups excluding carboxylic acids is 9. The van der Waals surface area contributed by atoms with E-state index in [2.05, 4.69) is 30.9 Å². The number of hydrogen-bond donors (Lipinski definition) is 3. The highest BCUT2D eigenvalue weighted by Crippen LogP contribution is 2.59. The van der Waals surface area contributed by atoms with Crippen LogP contribution in [0.5, 0.6) is 17.2 Å². The van der Waals surface area contributed by atoms with E-state index in [9.17, 15) is 94.9 Å². The van der Waals surface area contributed by atoms with E-state index in [0.29, 0.717) is 113 Å². The number of carboxylic acids is 1. The Balaban J connectivity index is 0.000000150. The van der Waals surface area contributed by atoms with Crippen molar-refractivity contribution in [2.75, 3.05) is 73.1 Å². The van der Waals surface area contributed by atoms with E-state index in [1.807, 2.05) is 0 Å². The highest BCUT2D eigenvalue weighted by atomic mass is 35.5. The van der Waals surface area contributed by atoms with E-state index in [1.54, 1.807) is 86.6 Å². The number of aliphatic hydroxyl groups excluding tert-OH is 2. The predicted molar refractivity (Wildman–Crippen MR) is 501 cm³/mol. The lowest BCUT2D eigenvalue weighted by Gasteiger charge is -2.46. The molecule has 0 bridgehead atoms. The number of non-ortho nitro benzene ring substituents is 1. The molecule has 6 aliphatic heterocycles. The molecular formula is C99H115Cl3F6N16O21. The maximum Gasteiger partial charge on any atom is 0.338 e. The number of aliphatic carboxylic acids is 1. The summed E-state index contributed by atoms with van der Waals surface area (Å²) in [6.07, 6.45) is -1.38. The maximum atomic E-state index is 15.1. The number of ether oxygens (including phenoxy) is 6. The van der Waals surface area contributed by atoms with Gasteiger partial charge in [0.25, 0.3) is 25.0 Å². The van der Waals surface area contributed by atoms with Crippen LogP contribution in [0.25, 0.3) is 0 Å². The number of aliphatic hydroxyl groups is 2. The fourth-order valence-electron chi connectivity index (χ4n) is 23.3. The lowest BCUT2D eigenvalue weighted by molar-refractivity contribution is -0.384. The van der Waals surface area contributed by atoms with Gasteiger partial charge in [-0.1, -0.05) is 50.4 Å². The van der Waals surface area contributed by atoms with Crippen molar-refractivity contribution in [3.8, 4) is 17.2 Å². The van der Waals surface area contributed by atoms with E-state index in [4.69, 9.17) is 63.2 Å². The molecular weight excluding hydrogens is 1970 g/mol. The largest absolute Gasteiger partial charge is 0.487 e. The SMILES string of the molecule is COC(=O)[C@@]1(C)CC[C@@H](O)C[C@H]1C(=O)N1CCc2c(Cl)ccc(OCc3nnn(C)c3C(F)F)c2[C@H]1CN1CC2(CC2)CC1=O.COC(=O)[C@@]1(C)CC[C@H](OC(=O)c2ccc([N+](=O)[O-])cc2)C[C@H]1C(=O)N1CCc2c(Cl)ccc(OCc3nnn(C)c3C(F)F)c2[C@H]1CN1CC2(CC2)CC1=O.Cn1nnc(COc2ccc(Cl)c3c2[C@@H](CN2CC4(CC4)CC2=O)N(C(=O)[C@@H]2C[C@@H](O)CC[C@]2(C)C(=O)O)CC3)c1C(F)F. The van der Waals surface area contributed by atoms with Crippen LogP contribution in [0.1, 0.15) is 252 Å². The molecule has 780 valence electrons. The Morgan fingerprint density at radius 1 is 0.469 bits per heavy atom. The summed E-state index contributed by atoms with van der Waals surface area (Å²) in [6.45, 7) is 6.60. The normalized spacial score (nSPS) is 26.1. The van der Waals surface area contributed by atoms with E-state index >= 15 is 4.79 Å². The molecule has 3 saturated heterocycles. The van der Waals surface area contributed by atoms with Crippen LogP contribution in [0.3, 0.4) is 0 Å². The summed E-state index contributed by atoms with van der Waals surface area (Å²) in [6, 6.07) is 12.5. The minimum Gasteiger partial charge on any atom is -0.487 e. The average Bonchev–Trinajstić information content (AvgIpc) is 0.940. The topological polar surface area (TPSA) is 441 Å². The molecule has 7 aromatic rings. The van der Waals surface area contributed by atoms with Gasteiger partial charge in [0.2, 0.25) is 35.4 Å². The zero-order valence-electron chi connectivity index (χ0n) is 81.3. The summed E-state index contributed by atoms with van der Waals surface area (Å²) in [5.74, 6) is -6.21. The monoisotopic (exact) mass is 2080 g/mol. The number of benzene rings is 4. The number of aromatic nitrogens is 9. The first kappa shape index (κ1) is 105. The number of fused-ring (bicyclic) bond motifs is 3. The number of rotatable bonds is 27. The first-order chi connectivity index (χ1) is 68.8. The second-order valence-corrected chi connectivity index (χ2v) is 42.8. The molecule has 9 fully saturated rings. The second-order valence-electron chi connectivity index (χ2n) is 41.6. The molecule has 37 nitrogen and oxygen atoms in total. The number of halogens is 9. The highest BCUT2D eigenvalue weighted by Gasteiger charge is 2.60. The van der Waals surface area contributed by atoms with Gasteiger partial charge in [0, 0.05) is 143 Å². The van der Waals surface area contributed by atoms with Crippen LogP contribution >= 0.6 is 34.8 Å². The lowest BCUT2D eigenvalue weighted by Crippen LogP contribution is -2.54. The molecule has 9 heterocycles. The van der Waals surface area contributed by atoms with E-state index in [0.717, 1.165) is 58.1 Å². The van der Waals surface area contributed by atoms with Gasteiger partial charge < -0.3 is 73.1 Å². The maximum absolute atomic E-state index is 15.1. The van der Waals surface area contributed by atoms with Gasteiger partial charge in [-0.15, -0.1) is 15.3 Å². The average molecular weight is 2090 g/mol. The van der Waals surface area contributed by atoms with Crippen LogP contribution in [0.15, 0.2) is 60.7 Å². The molecule has 0 unspecified atom stereocenters. The molecule has 12 aliphatic rings. The summed E-state index contributed by atoms with van der Waals surface area (Å²) in [5, 5.41) is 66.4. The number of alkyl halides is 6. The quantitative estimate of drug-likeness (QED) is 0.0141. The van der Waals surface area contributed by atoms with Crippen molar-refractivity contribution in [1.82, 2.24) is 74.4 Å². The van der Waals surface area contributed by atoms with Crippen LogP contribution in [-0.4, -0.2) is 245 Å². The number of amides is 6. The van der Waals surface area contributed by atoms with Gasteiger partial charge in [0.05, 0.1) is 89.0 Å². The predicted octanol–water partition coefficient (Wildman–Crippen LogP) is 13.0. The van der Waals surface area contributed by atoms with Gasteiger partial charge in [0.15, 0.2) is 0 Å². The van der Waals surface area contributed by atoms with Crippen LogP contribution in [0.4, 0.5) is 32.0 Å². The highest BCUT2D eigenvalue weighted by molar-refractivity contribution is 6.32. The van der Waals surface area contributed by atoms with Gasteiger partial charge in [-0.25, -0.2) is 45.2 Å². The van der Waals surface area contributed by atoms with E-state index in [-0.39, 0.29) is 202 Å². The molecule has 6 aliphatic carbocycles. The van der Waals surface area contributed by atoms with Crippen molar-refractivity contribution in [2.45, 2.75) is 231 Å². The fourth-order valence-corrected chi connectivity index (χ4v) is 24.1. The molecule has 145 heavy (non-hydrogen) atoms. The summed E-state index contributed by atoms with van der Waals surface area (Å²) in [4.78, 5) is 157. The van der Waals surface area contributed by atoms with Crippen molar-refractivity contribution in [1.29, 1.82) is 0 Å². The van der Waals surface area contributed by atoms with Gasteiger partial charge >= 0.3 is 23.9 Å². The molecule has 6 amide bonds. The Morgan fingerprint density at radius 2 is 0.786 bits per heavy atom. The number of aryl methyl sites for hydroxylation is 3. The first-order valence-electron chi connectivity index (χ1n) is 48.6. The number of carboxylic acid groups (broad SMARTS) is 1. The van der Waals surface area contributed by atoms with Crippen molar-refractivity contribution >= 4 is 99.8 Å². The van der Waals surface area contributed by atoms with Crippen LogP contribution in [0.2, 0.25) is 15.1 Å².